The summed E-state index contributed by atoms with van der Waals surface area (Å²) < 4.78 is 0. The number of hydrogen-bond donors (Lipinski definition) is 6. The van der Waals surface area contributed by atoms with Crippen molar-refractivity contribution in [1.29, 1.82) is 0 Å². The van der Waals surface area contributed by atoms with Crippen molar-refractivity contribution < 1.29 is 25.5 Å². The fourth-order valence-corrected chi connectivity index (χ4v) is 1.35. The van der Waals surface area contributed by atoms with Gasteiger partial charge in [-0.25, -0.2) is 0 Å². The molecule has 13 heavy (non-hydrogen) atoms. The molecule has 0 aliphatic carbocycles. The first-order chi connectivity index (χ1) is 6.07. The fourth-order valence-electron chi connectivity index (χ4n) is 1.35. The van der Waals surface area contributed by atoms with Crippen molar-refractivity contribution in [1.82, 2.24) is 5.32 Å². The number of aliphatic hydroxyl groups excluding tert-OH is 5. The van der Waals surface area contributed by atoms with Crippen molar-refractivity contribution in [3.8, 4) is 0 Å². The van der Waals surface area contributed by atoms with Crippen molar-refractivity contribution in [2.24, 2.45) is 0 Å². The van der Waals surface area contributed by atoms with Crippen LogP contribution in [0.25, 0.3) is 0 Å². The zero-order valence-corrected chi connectivity index (χ0v) is 7.04. The molecule has 0 spiro atoms. The van der Waals surface area contributed by atoms with Gasteiger partial charge in [0.1, 0.15) is 18.3 Å². The number of nitrogens with one attached hydrogen (secondary N) is 1. The van der Waals surface area contributed by atoms with Crippen molar-refractivity contribution in [3.05, 3.63) is 0 Å². The second kappa shape index (κ2) is 4.32. The van der Waals surface area contributed by atoms with E-state index in [0.29, 0.717) is 0 Å². The summed E-state index contributed by atoms with van der Waals surface area (Å²) in [6.07, 6.45) is -5.25. The van der Waals surface area contributed by atoms with E-state index in [-0.39, 0.29) is 13.2 Å². The first kappa shape index (κ1) is 10.8. The summed E-state index contributed by atoms with van der Waals surface area (Å²) in [5.74, 6) is 0. The van der Waals surface area contributed by atoms with Crippen LogP contribution in [0.3, 0.4) is 0 Å². The summed E-state index contributed by atoms with van der Waals surface area (Å²) in [7, 11) is 0. The standard InChI is InChI=1S/C7H15NO5/c9-2-3-5(11)7(13)6(12)4(10)1-8-3/h3-13H,1-2H2/t3-,4+,5+,6-,7-/m0/s1. The van der Waals surface area contributed by atoms with Gasteiger partial charge < -0.3 is 30.8 Å². The molecule has 1 aliphatic rings. The van der Waals surface area contributed by atoms with Crippen molar-refractivity contribution in [2.45, 2.75) is 30.5 Å². The first-order valence-electron chi connectivity index (χ1n) is 4.14. The molecule has 5 atom stereocenters. The molecule has 0 radical (unpaired) electrons. The molecule has 0 unspecified atom stereocenters. The Kier molecular flexibility index (Phi) is 3.60. The Morgan fingerprint density at radius 1 is 1.00 bits per heavy atom. The number of β-amino-alcohol motifs (C(OH)–C–C–N with tert-alkyl or cyclic N) is 1. The lowest BCUT2D eigenvalue weighted by molar-refractivity contribution is -0.0980. The second-order valence-electron chi connectivity index (χ2n) is 3.24. The SMILES string of the molecule is OC[C@@H]1NC[C@@H](O)[C@H](O)[C@@H](O)[C@@H]1O. The lowest BCUT2D eigenvalue weighted by Crippen LogP contribution is -2.48. The number of rotatable bonds is 1. The van der Waals surface area contributed by atoms with Crippen LogP contribution in [0.2, 0.25) is 0 Å². The quantitative estimate of drug-likeness (QED) is 0.256. The summed E-state index contributed by atoms with van der Waals surface area (Å²) in [4.78, 5) is 0. The van der Waals surface area contributed by atoms with Gasteiger partial charge >= 0.3 is 0 Å². The molecule has 1 rings (SSSR count). The number of hydrogen-bond acceptors (Lipinski definition) is 6. The monoisotopic (exact) mass is 193 g/mol. The summed E-state index contributed by atoms with van der Waals surface area (Å²) in [5.41, 5.74) is 0. The van der Waals surface area contributed by atoms with E-state index in [9.17, 15) is 20.4 Å². The van der Waals surface area contributed by atoms with Crippen LogP contribution in [0.5, 0.6) is 0 Å². The van der Waals surface area contributed by atoms with E-state index in [0.717, 1.165) is 0 Å². The third-order valence-corrected chi connectivity index (χ3v) is 2.29. The largest absolute Gasteiger partial charge is 0.395 e. The van der Waals surface area contributed by atoms with Crippen LogP contribution >= 0.6 is 0 Å². The molecule has 0 aromatic heterocycles. The van der Waals surface area contributed by atoms with Gasteiger partial charge in [0.2, 0.25) is 0 Å². The molecule has 1 heterocycles. The van der Waals surface area contributed by atoms with E-state index < -0.39 is 30.5 Å². The van der Waals surface area contributed by atoms with Crippen molar-refractivity contribution in [3.63, 3.8) is 0 Å². The lowest BCUT2D eigenvalue weighted by atomic mass is 10.0. The maximum atomic E-state index is 9.36. The normalized spacial score (nSPS) is 47.3. The zero-order chi connectivity index (χ0) is 10.0. The maximum Gasteiger partial charge on any atom is 0.110 e. The molecular weight excluding hydrogens is 178 g/mol. The second-order valence-corrected chi connectivity index (χ2v) is 3.24. The predicted octanol–water partition coefficient (Wildman–Crippen LogP) is -3.61. The highest BCUT2D eigenvalue weighted by Crippen LogP contribution is 2.11. The van der Waals surface area contributed by atoms with Gasteiger partial charge in [-0.15, -0.1) is 0 Å². The molecule has 0 bridgehead atoms. The van der Waals surface area contributed by atoms with Crippen LogP contribution in [0, 0.1) is 0 Å². The van der Waals surface area contributed by atoms with Crippen LogP contribution in [-0.4, -0.2) is 69.1 Å². The van der Waals surface area contributed by atoms with Gasteiger partial charge in [-0.3, -0.25) is 0 Å². The van der Waals surface area contributed by atoms with Gasteiger partial charge in [-0.1, -0.05) is 0 Å². The summed E-state index contributed by atoms with van der Waals surface area (Å²) >= 11 is 0. The zero-order valence-electron chi connectivity index (χ0n) is 7.04. The Balaban J connectivity index is 2.69. The van der Waals surface area contributed by atoms with E-state index >= 15 is 0 Å². The van der Waals surface area contributed by atoms with Gasteiger partial charge in [-0.05, 0) is 0 Å². The third-order valence-electron chi connectivity index (χ3n) is 2.29. The van der Waals surface area contributed by atoms with E-state index in [1.54, 1.807) is 0 Å². The van der Waals surface area contributed by atoms with Gasteiger partial charge in [0, 0.05) is 6.54 Å². The smallest absolute Gasteiger partial charge is 0.110 e. The van der Waals surface area contributed by atoms with E-state index in [4.69, 9.17) is 5.11 Å². The summed E-state index contributed by atoms with van der Waals surface area (Å²) in [5, 5.41) is 48.5. The molecule has 1 saturated heterocycles. The minimum atomic E-state index is -1.44. The molecular formula is C7H15NO5. The highest BCUT2D eigenvalue weighted by atomic mass is 16.4. The molecule has 6 nitrogen and oxygen atoms in total. The average Bonchev–Trinajstić information content (AvgIpc) is 2.22. The Hall–Kier alpha value is -0.240. The number of aliphatic hydroxyl groups is 5. The van der Waals surface area contributed by atoms with Gasteiger partial charge in [-0.2, -0.15) is 0 Å². The molecule has 1 aliphatic heterocycles. The molecule has 0 aromatic rings. The van der Waals surface area contributed by atoms with Gasteiger partial charge in [0.05, 0.1) is 18.8 Å². The van der Waals surface area contributed by atoms with Gasteiger partial charge in [0.25, 0.3) is 0 Å². The Labute approximate surface area is 75.4 Å². The van der Waals surface area contributed by atoms with Crippen LogP contribution in [-0.2, 0) is 0 Å². The molecule has 1 fully saturated rings. The summed E-state index contributed by atoms with van der Waals surface area (Å²) in [6, 6.07) is -0.721. The highest BCUT2D eigenvalue weighted by molar-refractivity contribution is 4.92. The topological polar surface area (TPSA) is 113 Å². The molecule has 0 aromatic carbocycles. The maximum absolute atomic E-state index is 9.36. The summed E-state index contributed by atoms with van der Waals surface area (Å²) in [6.45, 7) is -0.335. The van der Waals surface area contributed by atoms with Crippen molar-refractivity contribution in [2.75, 3.05) is 13.2 Å². The Morgan fingerprint density at radius 2 is 1.62 bits per heavy atom. The molecule has 6 heteroatoms. The fraction of sp³-hybridized carbons (Fsp3) is 1.00. The van der Waals surface area contributed by atoms with Crippen molar-refractivity contribution >= 4 is 0 Å². The minimum Gasteiger partial charge on any atom is -0.395 e. The third kappa shape index (κ3) is 2.16. The van der Waals surface area contributed by atoms with Crippen LogP contribution < -0.4 is 5.32 Å². The van der Waals surface area contributed by atoms with Crippen LogP contribution in [0.15, 0.2) is 0 Å². The predicted molar refractivity (Wildman–Crippen MR) is 42.9 cm³/mol. The molecule has 6 N–H and O–H groups in total. The minimum absolute atomic E-state index is 0.0283. The van der Waals surface area contributed by atoms with Gasteiger partial charge in [0.15, 0.2) is 0 Å². The molecule has 0 saturated carbocycles. The molecule has 0 amide bonds. The Bertz CT molecular complexity index is 165. The van der Waals surface area contributed by atoms with Crippen LogP contribution in [0.4, 0.5) is 0 Å². The lowest BCUT2D eigenvalue weighted by Gasteiger charge is -2.24. The van der Waals surface area contributed by atoms with E-state index in [1.807, 2.05) is 0 Å². The van der Waals surface area contributed by atoms with E-state index in [1.165, 1.54) is 0 Å². The Morgan fingerprint density at radius 3 is 2.15 bits per heavy atom. The first-order valence-corrected chi connectivity index (χ1v) is 4.14. The highest BCUT2D eigenvalue weighted by Gasteiger charge is 2.37. The van der Waals surface area contributed by atoms with Crippen LogP contribution in [0.1, 0.15) is 0 Å². The molecule has 78 valence electrons. The average molecular weight is 193 g/mol. The van der Waals surface area contributed by atoms with E-state index in [2.05, 4.69) is 5.32 Å².